The van der Waals surface area contributed by atoms with Gasteiger partial charge >= 0.3 is 0 Å². The Morgan fingerprint density at radius 1 is 1.20 bits per heavy atom. The molecule has 0 atom stereocenters. The van der Waals surface area contributed by atoms with Gasteiger partial charge in [-0.2, -0.15) is 0 Å². The van der Waals surface area contributed by atoms with Crippen molar-refractivity contribution in [3.63, 3.8) is 0 Å². The van der Waals surface area contributed by atoms with E-state index in [2.05, 4.69) is 0 Å². The summed E-state index contributed by atoms with van der Waals surface area (Å²) < 4.78 is 13.2. The Morgan fingerprint density at radius 3 is 2.45 bits per heavy atom. The fourth-order valence-corrected chi connectivity index (χ4v) is 2.00. The minimum atomic E-state index is -0.423. The molecule has 0 saturated heterocycles. The lowest BCUT2D eigenvalue weighted by Gasteiger charge is -2.23. The zero-order chi connectivity index (χ0) is 14.5. The first kappa shape index (κ1) is 14.0. The Hall–Kier alpha value is -2.43. The van der Waals surface area contributed by atoms with E-state index >= 15 is 0 Å². The molecule has 0 aliphatic carbocycles. The summed E-state index contributed by atoms with van der Waals surface area (Å²) in [4.78, 5) is 12.2. The zero-order valence-electron chi connectivity index (χ0n) is 11.1. The molecule has 2 aromatic carbocycles. The molecule has 0 radical (unpaired) electrons. The first-order valence-corrected chi connectivity index (χ1v) is 6.34. The normalized spacial score (nSPS) is 10.3. The van der Waals surface area contributed by atoms with Crippen molar-refractivity contribution >= 4 is 11.4 Å². The van der Waals surface area contributed by atoms with E-state index in [0.717, 1.165) is 17.8 Å². The van der Waals surface area contributed by atoms with Crippen LogP contribution in [-0.2, 0) is 6.54 Å². The number of halogens is 1. The lowest BCUT2D eigenvalue weighted by atomic mass is 10.2. The molecule has 0 heterocycles. The van der Waals surface area contributed by atoms with E-state index < -0.39 is 4.92 Å². The average Bonchev–Trinajstić information content (AvgIpc) is 2.45. The smallest absolute Gasteiger partial charge is 0.269 e. The first-order chi connectivity index (χ1) is 9.60. The van der Waals surface area contributed by atoms with E-state index in [9.17, 15) is 14.5 Å². The summed E-state index contributed by atoms with van der Waals surface area (Å²) in [5.41, 5.74) is 1.81. The number of hydrogen-bond acceptors (Lipinski definition) is 3. The van der Waals surface area contributed by atoms with E-state index in [4.69, 9.17) is 0 Å². The summed E-state index contributed by atoms with van der Waals surface area (Å²) in [5.74, 6) is -0.273. The molecule has 0 spiro atoms. The van der Waals surface area contributed by atoms with E-state index in [0.29, 0.717) is 6.54 Å². The zero-order valence-corrected chi connectivity index (χ0v) is 11.1. The predicted octanol–water partition coefficient (Wildman–Crippen LogP) is 3.76. The highest BCUT2D eigenvalue weighted by atomic mass is 19.1. The van der Waals surface area contributed by atoms with Crippen LogP contribution < -0.4 is 4.90 Å². The van der Waals surface area contributed by atoms with Crippen molar-refractivity contribution in [1.82, 2.24) is 0 Å². The highest BCUT2D eigenvalue weighted by Crippen LogP contribution is 2.19. The molecule has 0 aliphatic rings. The second-order valence-corrected chi connectivity index (χ2v) is 4.42. The predicted molar refractivity (Wildman–Crippen MR) is 76.2 cm³/mol. The quantitative estimate of drug-likeness (QED) is 0.616. The van der Waals surface area contributed by atoms with Gasteiger partial charge in [-0.1, -0.05) is 18.2 Å². The molecule has 4 nitrogen and oxygen atoms in total. The van der Waals surface area contributed by atoms with Crippen molar-refractivity contribution in [2.75, 3.05) is 11.4 Å². The highest BCUT2D eigenvalue weighted by Gasteiger charge is 2.08. The van der Waals surface area contributed by atoms with Crippen molar-refractivity contribution in [3.8, 4) is 0 Å². The Bertz CT molecular complexity index is 599. The molecule has 0 unspecified atom stereocenters. The van der Waals surface area contributed by atoms with E-state index in [1.165, 1.54) is 24.3 Å². The van der Waals surface area contributed by atoms with Crippen molar-refractivity contribution in [3.05, 3.63) is 70.0 Å². The average molecular weight is 274 g/mol. The lowest BCUT2D eigenvalue weighted by Crippen LogP contribution is -2.21. The molecule has 0 aliphatic heterocycles. The SMILES string of the molecule is CCN(Cc1ccc([N+](=O)[O-])cc1)c1cccc(F)c1. The molecule has 0 bridgehead atoms. The molecule has 2 aromatic rings. The van der Waals surface area contributed by atoms with Crippen LogP contribution in [0, 0.1) is 15.9 Å². The van der Waals surface area contributed by atoms with Gasteiger partial charge in [0.05, 0.1) is 4.92 Å². The first-order valence-electron chi connectivity index (χ1n) is 6.34. The maximum absolute atomic E-state index is 13.2. The Morgan fingerprint density at radius 2 is 1.90 bits per heavy atom. The Labute approximate surface area is 116 Å². The number of anilines is 1. The number of nitro benzene ring substituents is 1. The second-order valence-electron chi connectivity index (χ2n) is 4.42. The Balaban J connectivity index is 2.16. The van der Waals surface area contributed by atoms with Crippen LogP contribution in [0.15, 0.2) is 48.5 Å². The Kier molecular flexibility index (Phi) is 4.30. The van der Waals surface area contributed by atoms with Gasteiger partial charge in [-0.3, -0.25) is 10.1 Å². The van der Waals surface area contributed by atoms with Crippen molar-refractivity contribution < 1.29 is 9.31 Å². The van der Waals surface area contributed by atoms with Gasteiger partial charge in [0.15, 0.2) is 0 Å². The fourth-order valence-electron chi connectivity index (χ4n) is 2.00. The van der Waals surface area contributed by atoms with Crippen molar-refractivity contribution in [2.24, 2.45) is 0 Å². The van der Waals surface area contributed by atoms with Crippen LogP contribution in [-0.4, -0.2) is 11.5 Å². The summed E-state index contributed by atoms with van der Waals surface area (Å²) in [6.45, 7) is 3.29. The molecule has 2 rings (SSSR count). The van der Waals surface area contributed by atoms with Gasteiger partial charge in [0.2, 0.25) is 0 Å². The summed E-state index contributed by atoms with van der Waals surface area (Å²) in [7, 11) is 0. The highest BCUT2D eigenvalue weighted by molar-refractivity contribution is 5.47. The molecule has 104 valence electrons. The van der Waals surface area contributed by atoms with Gasteiger partial charge in [-0.05, 0) is 30.7 Å². The molecular weight excluding hydrogens is 259 g/mol. The van der Waals surface area contributed by atoms with Gasteiger partial charge in [0.1, 0.15) is 5.82 Å². The lowest BCUT2D eigenvalue weighted by molar-refractivity contribution is -0.384. The van der Waals surface area contributed by atoms with Gasteiger partial charge < -0.3 is 4.90 Å². The molecule has 5 heteroatoms. The number of hydrogen-bond donors (Lipinski definition) is 0. The third-order valence-corrected chi connectivity index (χ3v) is 3.08. The molecule has 0 amide bonds. The van der Waals surface area contributed by atoms with E-state index in [1.807, 2.05) is 17.9 Å². The van der Waals surface area contributed by atoms with Crippen LogP contribution in [0.1, 0.15) is 12.5 Å². The number of benzene rings is 2. The number of non-ortho nitro benzene ring substituents is 1. The molecular formula is C15H15FN2O2. The van der Waals surface area contributed by atoms with Crippen molar-refractivity contribution in [1.29, 1.82) is 0 Å². The minimum absolute atomic E-state index is 0.0718. The van der Waals surface area contributed by atoms with Crippen molar-refractivity contribution in [2.45, 2.75) is 13.5 Å². The third-order valence-electron chi connectivity index (χ3n) is 3.08. The van der Waals surface area contributed by atoms with Crippen LogP contribution in [0.2, 0.25) is 0 Å². The van der Waals surface area contributed by atoms with Gasteiger partial charge in [-0.25, -0.2) is 4.39 Å². The largest absolute Gasteiger partial charge is 0.367 e. The summed E-state index contributed by atoms with van der Waals surface area (Å²) in [6.07, 6.45) is 0. The minimum Gasteiger partial charge on any atom is -0.367 e. The molecule has 0 aromatic heterocycles. The third kappa shape index (κ3) is 3.32. The fraction of sp³-hybridized carbons (Fsp3) is 0.200. The number of rotatable bonds is 5. The van der Waals surface area contributed by atoms with Crippen LogP contribution in [0.5, 0.6) is 0 Å². The van der Waals surface area contributed by atoms with Crippen LogP contribution in [0.3, 0.4) is 0 Å². The van der Waals surface area contributed by atoms with Crippen LogP contribution >= 0.6 is 0 Å². The van der Waals surface area contributed by atoms with Crippen LogP contribution in [0.4, 0.5) is 15.8 Å². The van der Waals surface area contributed by atoms with E-state index in [1.54, 1.807) is 18.2 Å². The summed E-state index contributed by atoms with van der Waals surface area (Å²) in [5, 5.41) is 10.6. The summed E-state index contributed by atoms with van der Waals surface area (Å²) in [6, 6.07) is 12.8. The maximum Gasteiger partial charge on any atom is 0.269 e. The monoisotopic (exact) mass is 274 g/mol. The molecule has 20 heavy (non-hydrogen) atoms. The molecule has 0 fully saturated rings. The number of nitro groups is 1. The van der Waals surface area contributed by atoms with E-state index in [-0.39, 0.29) is 11.5 Å². The topological polar surface area (TPSA) is 46.4 Å². The van der Waals surface area contributed by atoms with Gasteiger partial charge in [-0.15, -0.1) is 0 Å². The second kappa shape index (κ2) is 6.14. The molecule has 0 saturated carbocycles. The molecule has 0 N–H and O–H groups in total. The number of nitrogens with zero attached hydrogens (tertiary/aromatic N) is 2. The van der Waals surface area contributed by atoms with Gasteiger partial charge in [0, 0.05) is 30.9 Å². The maximum atomic E-state index is 13.2. The van der Waals surface area contributed by atoms with Gasteiger partial charge in [0.25, 0.3) is 5.69 Å². The van der Waals surface area contributed by atoms with Crippen LogP contribution in [0.25, 0.3) is 0 Å². The summed E-state index contributed by atoms with van der Waals surface area (Å²) >= 11 is 0. The standard InChI is InChI=1S/C15H15FN2O2/c1-2-17(15-5-3-4-13(16)10-15)11-12-6-8-14(9-7-12)18(19)20/h3-10H,2,11H2,1H3.